The van der Waals surface area contributed by atoms with Crippen molar-refractivity contribution in [3.05, 3.63) is 35.4 Å². The molecule has 118 valence electrons. The maximum atomic E-state index is 11.8. The van der Waals surface area contributed by atoms with Crippen LogP contribution in [-0.2, 0) is 10.0 Å². The number of alkyl halides is 1. The fourth-order valence-corrected chi connectivity index (χ4v) is 3.30. The van der Waals surface area contributed by atoms with E-state index >= 15 is 0 Å². The van der Waals surface area contributed by atoms with Crippen LogP contribution in [0.15, 0.2) is 24.3 Å². The molecule has 0 saturated carbocycles. The van der Waals surface area contributed by atoms with Crippen molar-refractivity contribution < 1.29 is 13.2 Å². The molecule has 0 aliphatic carbocycles. The summed E-state index contributed by atoms with van der Waals surface area (Å²) in [7, 11) is -3.35. The quantitative estimate of drug-likeness (QED) is 0.560. The lowest BCUT2D eigenvalue weighted by Gasteiger charge is -2.10. The van der Waals surface area contributed by atoms with Crippen molar-refractivity contribution >= 4 is 27.5 Å². The molecular formula is C14H21ClN2O3S. The third-order valence-corrected chi connectivity index (χ3v) is 4.99. The number of rotatable bonds is 8. The fourth-order valence-electron chi connectivity index (χ4n) is 1.67. The van der Waals surface area contributed by atoms with Crippen LogP contribution < -0.4 is 10.0 Å². The zero-order valence-electron chi connectivity index (χ0n) is 12.2. The van der Waals surface area contributed by atoms with Crippen molar-refractivity contribution in [2.75, 3.05) is 24.7 Å². The highest BCUT2D eigenvalue weighted by Crippen LogP contribution is 2.03. The van der Waals surface area contributed by atoms with Crippen LogP contribution in [0.3, 0.4) is 0 Å². The Balaban J connectivity index is 2.34. The Morgan fingerprint density at radius 1 is 1.24 bits per heavy atom. The summed E-state index contributed by atoms with van der Waals surface area (Å²) in [4.78, 5) is 11.8. The van der Waals surface area contributed by atoms with Gasteiger partial charge in [-0.2, -0.15) is 0 Å². The van der Waals surface area contributed by atoms with Gasteiger partial charge in [0.15, 0.2) is 0 Å². The number of amides is 1. The molecule has 0 saturated heterocycles. The van der Waals surface area contributed by atoms with Gasteiger partial charge in [-0.15, -0.1) is 11.6 Å². The maximum absolute atomic E-state index is 11.8. The summed E-state index contributed by atoms with van der Waals surface area (Å²) in [5.41, 5.74) is 1.63. The zero-order chi connectivity index (χ0) is 15.9. The van der Waals surface area contributed by atoms with Crippen LogP contribution in [0, 0.1) is 12.8 Å². The van der Waals surface area contributed by atoms with E-state index in [4.69, 9.17) is 11.6 Å². The first-order valence-electron chi connectivity index (χ1n) is 6.72. The van der Waals surface area contributed by atoms with Crippen LogP contribution in [-0.4, -0.2) is 39.0 Å². The number of halogens is 1. The van der Waals surface area contributed by atoms with Crippen LogP contribution in [0.1, 0.15) is 22.8 Å². The van der Waals surface area contributed by atoms with Gasteiger partial charge in [0.25, 0.3) is 5.91 Å². The predicted octanol–water partition coefficient (Wildman–Crippen LogP) is 1.52. The lowest BCUT2D eigenvalue weighted by atomic mass is 10.1. The van der Waals surface area contributed by atoms with Crippen molar-refractivity contribution in [2.24, 2.45) is 5.92 Å². The van der Waals surface area contributed by atoms with Gasteiger partial charge in [0.2, 0.25) is 10.0 Å². The first-order valence-corrected chi connectivity index (χ1v) is 8.91. The summed E-state index contributed by atoms with van der Waals surface area (Å²) >= 11 is 5.59. The number of carbonyl (C=O) groups excluding carboxylic acids is 1. The van der Waals surface area contributed by atoms with Gasteiger partial charge in [-0.1, -0.05) is 24.6 Å². The molecule has 7 heteroatoms. The standard InChI is InChI=1S/C14H21ClN2O3S/c1-11-3-5-13(6-4-11)14(18)16-7-8-17-21(19,20)10-12(2)9-15/h3-6,12,17H,7-10H2,1-2H3,(H,16,18). The van der Waals surface area contributed by atoms with E-state index in [0.717, 1.165) is 5.56 Å². The second-order valence-corrected chi connectivity index (χ2v) is 7.22. The van der Waals surface area contributed by atoms with Crippen LogP contribution in [0.25, 0.3) is 0 Å². The normalized spacial score (nSPS) is 12.9. The molecule has 5 nitrogen and oxygen atoms in total. The number of aryl methyl sites for hydroxylation is 1. The summed E-state index contributed by atoms with van der Waals surface area (Å²) in [6, 6.07) is 7.17. The molecule has 0 aliphatic heterocycles. The second-order valence-electron chi connectivity index (χ2n) is 5.06. The van der Waals surface area contributed by atoms with E-state index in [9.17, 15) is 13.2 Å². The molecule has 21 heavy (non-hydrogen) atoms. The highest BCUT2D eigenvalue weighted by atomic mass is 35.5. The summed E-state index contributed by atoms with van der Waals surface area (Å²) in [6.07, 6.45) is 0. The average Bonchev–Trinajstić information content (AvgIpc) is 2.43. The zero-order valence-corrected chi connectivity index (χ0v) is 13.8. The molecule has 0 aromatic heterocycles. The van der Waals surface area contributed by atoms with Gasteiger partial charge in [-0.3, -0.25) is 4.79 Å². The Morgan fingerprint density at radius 3 is 2.43 bits per heavy atom. The van der Waals surface area contributed by atoms with E-state index in [1.54, 1.807) is 19.1 Å². The van der Waals surface area contributed by atoms with Gasteiger partial charge in [0.05, 0.1) is 5.75 Å². The molecule has 0 heterocycles. The van der Waals surface area contributed by atoms with Crippen molar-refractivity contribution in [1.82, 2.24) is 10.0 Å². The highest BCUT2D eigenvalue weighted by molar-refractivity contribution is 7.89. The summed E-state index contributed by atoms with van der Waals surface area (Å²) in [5, 5.41) is 2.67. The SMILES string of the molecule is Cc1ccc(C(=O)NCCNS(=O)(=O)CC(C)CCl)cc1. The molecule has 2 N–H and O–H groups in total. The van der Waals surface area contributed by atoms with Gasteiger partial charge >= 0.3 is 0 Å². The van der Waals surface area contributed by atoms with Crippen LogP contribution in [0.4, 0.5) is 0 Å². The van der Waals surface area contributed by atoms with E-state index in [1.807, 2.05) is 19.1 Å². The topological polar surface area (TPSA) is 75.3 Å². The third-order valence-electron chi connectivity index (χ3n) is 2.81. The van der Waals surface area contributed by atoms with Crippen molar-refractivity contribution in [3.8, 4) is 0 Å². The van der Waals surface area contributed by atoms with E-state index in [1.165, 1.54) is 0 Å². The molecule has 0 bridgehead atoms. The first kappa shape index (κ1) is 17.9. The van der Waals surface area contributed by atoms with Gasteiger partial charge in [0.1, 0.15) is 0 Å². The summed E-state index contributed by atoms with van der Waals surface area (Å²) in [6.45, 7) is 4.11. The van der Waals surface area contributed by atoms with Gasteiger partial charge < -0.3 is 5.32 Å². The minimum atomic E-state index is -3.35. The van der Waals surface area contributed by atoms with Gasteiger partial charge in [0, 0.05) is 24.5 Å². The van der Waals surface area contributed by atoms with Crippen LogP contribution in [0.2, 0.25) is 0 Å². The second kappa shape index (κ2) is 8.36. The largest absolute Gasteiger partial charge is 0.351 e. The number of carbonyl (C=O) groups is 1. The van der Waals surface area contributed by atoms with E-state index in [-0.39, 0.29) is 30.7 Å². The number of benzene rings is 1. The minimum absolute atomic E-state index is 0.0115. The maximum Gasteiger partial charge on any atom is 0.251 e. The fraction of sp³-hybridized carbons (Fsp3) is 0.500. The Labute approximate surface area is 131 Å². The van der Waals surface area contributed by atoms with E-state index < -0.39 is 10.0 Å². The summed E-state index contributed by atoms with van der Waals surface area (Å²) < 4.78 is 25.8. The predicted molar refractivity (Wildman–Crippen MR) is 85.2 cm³/mol. The van der Waals surface area contributed by atoms with Crippen molar-refractivity contribution in [2.45, 2.75) is 13.8 Å². The monoisotopic (exact) mass is 332 g/mol. The highest BCUT2D eigenvalue weighted by Gasteiger charge is 2.14. The smallest absolute Gasteiger partial charge is 0.251 e. The van der Waals surface area contributed by atoms with Crippen molar-refractivity contribution in [1.29, 1.82) is 0 Å². The molecule has 0 aliphatic rings. The molecule has 1 aromatic rings. The van der Waals surface area contributed by atoms with Crippen LogP contribution in [0.5, 0.6) is 0 Å². The Hall–Kier alpha value is -1.11. The minimum Gasteiger partial charge on any atom is -0.351 e. The number of sulfonamides is 1. The number of hydrogen-bond acceptors (Lipinski definition) is 3. The number of nitrogens with one attached hydrogen (secondary N) is 2. The van der Waals surface area contributed by atoms with Crippen LogP contribution >= 0.6 is 11.6 Å². The molecule has 1 aromatic carbocycles. The molecule has 1 atom stereocenters. The van der Waals surface area contributed by atoms with E-state index in [0.29, 0.717) is 11.4 Å². The Bertz CT molecular complexity index is 558. The Kier molecular flexibility index (Phi) is 7.14. The molecule has 1 unspecified atom stereocenters. The van der Waals surface area contributed by atoms with E-state index in [2.05, 4.69) is 10.0 Å². The number of hydrogen-bond donors (Lipinski definition) is 2. The van der Waals surface area contributed by atoms with Gasteiger partial charge in [-0.25, -0.2) is 13.1 Å². The average molecular weight is 333 g/mol. The Morgan fingerprint density at radius 2 is 1.86 bits per heavy atom. The molecule has 0 radical (unpaired) electrons. The molecular weight excluding hydrogens is 312 g/mol. The lowest BCUT2D eigenvalue weighted by molar-refractivity contribution is 0.0954. The summed E-state index contributed by atoms with van der Waals surface area (Å²) in [5.74, 6) is -0.0392. The molecule has 0 fully saturated rings. The van der Waals surface area contributed by atoms with Gasteiger partial charge in [-0.05, 0) is 25.0 Å². The first-order chi connectivity index (χ1) is 9.84. The lowest BCUT2D eigenvalue weighted by Crippen LogP contribution is -2.36. The third kappa shape index (κ3) is 6.93. The molecule has 1 rings (SSSR count). The molecule has 0 spiro atoms. The van der Waals surface area contributed by atoms with Crippen molar-refractivity contribution in [3.63, 3.8) is 0 Å². The molecule has 1 amide bonds.